The Bertz CT molecular complexity index is 392. The maximum absolute atomic E-state index is 11.2. The predicted octanol–water partition coefficient (Wildman–Crippen LogP) is -0.523. The van der Waals surface area contributed by atoms with Crippen LogP contribution in [0.25, 0.3) is 0 Å². The van der Waals surface area contributed by atoms with Crippen LogP contribution >= 0.6 is 0 Å². The standard InChI is InChI=1S/C9H13N5O3/c10-3-4-11-9(15)6-13-8-2-1-7(5-12-8)14(16)17/h1-2,5H,3-4,6,10H2,(H,11,15)(H,12,13). The van der Waals surface area contributed by atoms with E-state index in [0.29, 0.717) is 18.9 Å². The first-order valence-electron chi connectivity index (χ1n) is 4.94. The van der Waals surface area contributed by atoms with Gasteiger partial charge in [0.05, 0.1) is 11.5 Å². The van der Waals surface area contributed by atoms with E-state index in [1.807, 2.05) is 0 Å². The number of nitrogens with zero attached hydrogens (tertiary/aromatic N) is 2. The van der Waals surface area contributed by atoms with Crippen LogP contribution in [0.5, 0.6) is 0 Å². The lowest BCUT2D eigenvalue weighted by atomic mass is 10.4. The molecule has 4 N–H and O–H groups in total. The average Bonchev–Trinajstić information content (AvgIpc) is 2.34. The number of rotatable bonds is 6. The Kier molecular flexibility index (Phi) is 4.82. The number of carbonyl (C=O) groups is 1. The van der Waals surface area contributed by atoms with E-state index >= 15 is 0 Å². The minimum atomic E-state index is -0.537. The van der Waals surface area contributed by atoms with E-state index in [1.54, 1.807) is 0 Å². The van der Waals surface area contributed by atoms with Crippen LogP contribution in [0.2, 0.25) is 0 Å². The van der Waals surface area contributed by atoms with E-state index in [2.05, 4.69) is 15.6 Å². The fraction of sp³-hybridized carbons (Fsp3) is 0.333. The molecule has 1 amide bonds. The number of pyridine rings is 1. The Balaban J connectivity index is 2.42. The summed E-state index contributed by atoms with van der Waals surface area (Å²) in [6.45, 7) is 0.834. The number of nitrogens with two attached hydrogens (primary N) is 1. The Labute approximate surface area is 97.4 Å². The minimum Gasteiger partial charge on any atom is -0.361 e. The van der Waals surface area contributed by atoms with Gasteiger partial charge in [0, 0.05) is 19.2 Å². The van der Waals surface area contributed by atoms with Crippen LogP contribution in [0.3, 0.4) is 0 Å². The topological polar surface area (TPSA) is 123 Å². The van der Waals surface area contributed by atoms with E-state index in [4.69, 9.17) is 5.73 Å². The van der Waals surface area contributed by atoms with Gasteiger partial charge in [0.25, 0.3) is 5.69 Å². The van der Waals surface area contributed by atoms with E-state index < -0.39 is 4.92 Å². The van der Waals surface area contributed by atoms with Crippen molar-refractivity contribution in [2.45, 2.75) is 0 Å². The highest BCUT2D eigenvalue weighted by atomic mass is 16.6. The largest absolute Gasteiger partial charge is 0.361 e. The second-order valence-corrected chi connectivity index (χ2v) is 3.15. The molecule has 0 aliphatic carbocycles. The van der Waals surface area contributed by atoms with Gasteiger partial charge < -0.3 is 16.4 Å². The van der Waals surface area contributed by atoms with Crippen molar-refractivity contribution >= 4 is 17.4 Å². The second kappa shape index (κ2) is 6.38. The van der Waals surface area contributed by atoms with Gasteiger partial charge in [-0.2, -0.15) is 0 Å². The lowest BCUT2D eigenvalue weighted by molar-refractivity contribution is -0.385. The monoisotopic (exact) mass is 239 g/mol. The molecule has 0 spiro atoms. The van der Waals surface area contributed by atoms with Gasteiger partial charge in [-0.1, -0.05) is 0 Å². The van der Waals surface area contributed by atoms with Crippen molar-refractivity contribution in [3.8, 4) is 0 Å². The third kappa shape index (κ3) is 4.43. The molecule has 1 aromatic rings. The van der Waals surface area contributed by atoms with Gasteiger partial charge in [-0.25, -0.2) is 4.98 Å². The molecule has 8 nitrogen and oxygen atoms in total. The highest BCUT2D eigenvalue weighted by molar-refractivity contribution is 5.80. The molecule has 1 rings (SSSR count). The van der Waals surface area contributed by atoms with Crippen molar-refractivity contribution in [3.63, 3.8) is 0 Å². The van der Waals surface area contributed by atoms with Crippen LogP contribution in [0.15, 0.2) is 18.3 Å². The summed E-state index contributed by atoms with van der Waals surface area (Å²) >= 11 is 0. The van der Waals surface area contributed by atoms with Crippen molar-refractivity contribution in [1.82, 2.24) is 10.3 Å². The number of hydrogen-bond acceptors (Lipinski definition) is 6. The number of carbonyl (C=O) groups excluding carboxylic acids is 1. The van der Waals surface area contributed by atoms with Crippen LogP contribution in [0.4, 0.5) is 11.5 Å². The molecule has 1 heterocycles. The van der Waals surface area contributed by atoms with E-state index in [0.717, 1.165) is 6.20 Å². The fourth-order valence-corrected chi connectivity index (χ4v) is 1.04. The summed E-state index contributed by atoms with van der Waals surface area (Å²) in [7, 11) is 0. The summed E-state index contributed by atoms with van der Waals surface area (Å²) in [5, 5.41) is 15.7. The van der Waals surface area contributed by atoms with Gasteiger partial charge in [-0.3, -0.25) is 14.9 Å². The third-order valence-corrected chi connectivity index (χ3v) is 1.86. The molecule has 0 aromatic carbocycles. The number of anilines is 1. The van der Waals surface area contributed by atoms with Crippen LogP contribution in [-0.2, 0) is 4.79 Å². The third-order valence-electron chi connectivity index (χ3n) is 1.86. The second-order valence-electron chi connectivity index (χ2n) is 3.15. The zero-order valence-electron chi connectivity index (χ0n) is 9.05. The van der Waals surface area contributed by atoms with Gasteiger partial charge in [0.15, 0.2) is 0 Å². The summed E-state index contributed by atoms with van der Waals surface area (Å²) in [4.78, 5) is 24.8. The Morgan fingerprint density at radius 1 is 1.53 bits per heavy atom. The maximum atomic E-state index is 11.2. The average molecular weight is 239 g/mol. The summed E-state index contributed by atoms with van der Waals surface area (Å²) in [6.07, 6.45) is 1.13. The molecule has 0 saturated carbocycles. The Morgan fingerprint density at radius 3 is 2.82 bits per heavy atom. The summed E-state index contributed by atoms with van der Waals surface area (Å²) in [5.74, 6) is 0.189. The maximum Gasteiger partial charge on any atom is 0.287 e. The van der Waals surface area contributed by atoms with Crippen molar-refractivity contribution in [2.75, 3.05) is 25.0 Å². The van der Waals surface area contributed by atoms with E-state index in [1.165, 1.54) is 12.1 Å². The molecule has 92 valence electrons. The Morgan fingerprint density at radius 2 is 2.29 bits per heavy atom. The molecular formula is C9H13N5O3. The van der Waals surface area contributed by atoms with Crippen LogP contribution in [-0.4, -0.2) is 35.4 Å². The molecule has 0 atom stereocenters. The fourth-order valence-electron chi connectivity index (χ4n) is 1.04. The molecular weight excluding hydrogens is 226 g/mol. The number of hydrogen-bond donors (Lipinski definition) is 3. The molecule has 0 aliphatic heterocycles. The van der Waals surface area contributed by atoms with Gasteiger partial charge in [0.1, 0.15) is 12.0 Å². The predicted molar refractivity (Wildman–Crippen MR) is 61.4 cm³/mol. The molecule has 1 aromatic heterocycles. The zero-order chi connectivity index (χ0) is 12.7. The summed E-state index contributed by atoms with van der Waals surface area (Å²) in [6, 6.07) is 2.75. The smallest absolute Gasteiger partial charge is 0.287 e. The number of amides is 1. The number of aromatic nitrogens is 1. The summed E-state index contributed by atoms with van der Waals surface area (Å²) < 4.78 is 0. The van der Waals surface area contributed by atoms with E-state index in [9.17, 15) is 14.9 Å². The molecule has 0 fully saturated rings. The number of nitro groups is 1. The van der Waals surface area contributed by atoms with Crippen LogP contribution in [0, 0.1) is 10.1 Å². The van der Waals surface area contributed by atoms with Crippen LogP contribution < -0.4 is 16.4 Å². The molecule has 0 unspecified atom stereocenters. The highest BCUT2D eigenvalue weighted by Gasteiger charge is 2.05. The van der Waals surface area contributed by atoms with Crippen molar-refractivity contribution in [2.24, 2.45) is 5.73 Å². The molecule has 0 aliphatic rings. The van der Waals surface area contributed by atoms with Crippen molar-refractivity contribution in [1.29, 1.82) is 0 Å². The SMILES string of the molecule is NCCNC(=O)CNc1ccc([N+](=O)[O-])cn1. The first-order valence-corrected chi connectivity index (χ1v) is 4.94. The first kappa shape index (κ1) is 12.8. The highest BCUT2D eigenvalue weighted by Crippen LogP contribution is 2.11. The van der Waals surface area contributed by atoms with Gasteiger partial charge in [-0.05, 0) is 6.07 Å². The molecule has 8 heteroatoms. The van der Waals surface area contributed by atoms with E-state index in [-0.39, 0.29) is 18.1 Å². The molecule has 0 saturated heterocycles. The minimum absolute atomic E-state index is 0.0464. The lowest BCUT2D eigenvalue weighted by Crippen LogP contribution is -2.33. The van der Waals surface area contributed by atoms with Gasteiger partial charge in [-0.15, -0.1) is 0 Å². The first-order chi connectivity index (χ1) is 8.13. The van der Waals surface area contributed by atoms with Crippen molar-refractivity contribution in [3.05, 3.63) is 28.4 Å². The summed E-state index contributed by atoms with van der Waals surface area (Å²) in [5.41, 5.74) is 5.12. The number of nitrogens with one attached hydrogen (secondary N) is 2. The molecule has 0 radical (unpaired) electrons. The quantitative estimate of drug-likeness (QED) is 0.453. The van der Waals surface area contributed by atoms with Crippen LogP contribution in [0.1, 0.15) is 0 Å². The zero-order valence-corrected chi connectivity index (χ0v) is 9.05. The van der Waals surface area contributed by atoms with Gasteiger partial charge in [0.2, 0.25) is 5.91 Å². The Hall–Kier alpha value is -2.22. The normalized spacial score (nSPS) is 9.71. The van der Waals surface area contributed by atoms with Crippen molar-refractivity contribution < 1.29 is 9.72 Å². The lowest BCUT2D eigenvalue weighted by Gasteiger charge is -2.05. The molecule has 0 bridgehead atoms. The molecule has 17 heavy (non-hydrogen) atoms. The van der Waals surface area contributed by atoms with Gasteiger partial charge >= 0.3 is 0 Å².